The van der Waals surface area contributed by atoms with Crippen LogP contribution in [0.15, 0.2) is 90.1 Å². The molecule has 0 spiro atoms. The quantitative estimate of drug-likeness (QED) is 0.0355. The van der Waals surface area contributed by atoms with Crippen molar-refractivity contribution in [2.45, 2.75) is 25.8 Å². The summed E-state index contributed by atoms with van der Waals surface area (Å²) in [6, 6.07) is 20.6. The Bertz CT molecular complexity index is 2080. The highest BCUT2D eigenvalue weighted by molar-refractivity contribution is 7.98. The summed E-state index contributed by atoms with van der Waals surface area (Å²) in [6.07, 6.45) is -1.97. The number of halogens is 3. The Morgan fingerprint density at radius 1 is 0.687 bits per heavy atom. The molecule has 0 saturated heterocycles. The van der Waals surface area contributed by atoms with Crippen LogP contribution in [0.5, 0.6) is 0 Å². The van der Waals surface area contributed by atoms with Crippen molar-refractivity contribution in [3.05, 3.63) is 113 Å². The molecule has 67 heavy (non-hydrogen) atoms. The number of aromatic nitrogens is 1. The lowest BCUT2D eigenvalue weighted by atomic mass is 10.0. The number of rotatable bonds is 34. The zero-order valence-corrected chi connectivity index (χ0v) is 39.4. The van der Waals surface area contributed by atoms with Crippen molar-refractivity contribution in [3.8, 4) is 11.3 Å². The van der Waals surface area contributed by atoms with E-state index in [1.807, 2.05) is 50.2 Å². The number of anilines is 2. The van der Waals surface area contributed by atoms with E-state index in [1.54, 1.807) is 31.0 Å². The molecule has 0 aliphatic rings. The van der Waals surface area contributed by atoms with Crippen LogP contribution in [0.3, 0.4) is 0 Å². The molecule has 14 nitrogen and oxygen atoms in total. The summed E-state index contributed by atoms with van der Waals surface area (Å²) in [5, 5.41) is 3.04. The number of methoxy groups -OCH3 is 1. The van der Waals surface area contributed by atoms with Crippen molar-refractivity contribution in [3.63, 3.8) is 0 Å². The van der Waals surface area contributed by atoms with Gasteiger partial charge in [-0.15, -0.1) is 0 Å². The summed E-state index contributed by atoms with van der Waals surface area (Å²) < 4.78 is 83.1. The molecule has 366 valence electrons. The molecule has 0 aliphatic heterocycles. The van der Waals surface area contributed by atoms with E-state index in [2.05, 4.69) is 20.2 Å². The minimum absolute atomic E-state index is 0.134. The molecule has 2 amide bonds. The molecule has 1 aromatic heterocycles. The number of nitrogens with zero attached hydrogens (tertiary/aromatic N) is 3. The van der Waals surface area contributed by atoms with Gasteiger partial charge in [-0.3, -0.25) is 14.6 Å². The second-order valence-corrected chi connectivity index (χ2v) is 15.6. The minimum atomic E-state index is -4.53. The van der Waals surface area contributed by atoms with Gasteiger partial charge in [0.1, 0.15) is 0 Å². The topological polar surface area (TPSA) is 148 Å². The zero-order valence-electron chi connectivity index (χ0n) is 38.6. The van der Waals surface area contributed by atoms with Gasteiger partial charge >= 0.3 is 6.18 Å². The first kappa shape index (κ1) is 54.8. The number of aliphatic imine (C=N–C) groups is 1. The number of ether oxygens (including phenoxy) is 8. The minimum Gasteiger partial charge on any atom is -0.382 e. The monoisotopic (exact) mass is 956 g/mol. The van der Waals surface area contributed by atoms with Gasteiger partial charge < -0.3 is 48.1 Å². The van der Waals surface area contributed by atoms with Crippen molar-refractivity contribution in [1.82, 2.24) is 4.98 Å². The number of carbonyl (C=O) groups excluding carboxylic acids is 2. The molecule has 1 N–H and O–H groups in total. The molecule has 0 radical (unpaired) electrons. The van der Waals surface area contributed by atoms with Crippen molar-refractivity contribution in [2.24, 2.45) is 4.99 Å². The molecular formula is C49H63F3N4O10S. The summed E-state index contributed by atoms with van der Waals surface area (Å²) in [5.74, 6) is 0.462. The Labute approximate surface area is 395 Å². The third kappa shape index (κ3) is 21.4. The summed E-state index contributed by atoms with van der Waals surface area (Å²) in [5.41, 5.74) is 3.29. The Kier molecular flexibility index (Phi) is 26.3. The van der Waals surface area contributed by atoms with Crippen LogP contribution in [-0.4, -0.2) is 148 Å². The first-order valence-electron chi connectivity index (χ1n) is 22.2. The molecular weight excluding hydrogens is 894 g/mol. The second kappa shape index (κ2) is 32.1. The molecule has 1 heterocycles. The number of benzene rings is 3. The predicted molar refractivity (Wildman–Crippen MR) is 255 cm³/mol. The lowest BCUT2D eigenvalue weighted by molar-refractivity contribution is -0.137. The highest BCUT2D eigenvalue weighted by Gasteiger charge is 2.30. The molecule has 18 heteroatoms. The lowest BCUT2D eigenvalue weighted by Gasteiger charge is -2.23. The lowest BCUT2D eigenvalue weighted by Crippen LogP contribution is -2.22. The summed E-state index contributed by atoms with van der Waals surface area (Å²) in [6.45, 7) is 13.1. The van der Waals surface area contributed by atoms with Crippen LogP contribution >= 0.6 is 11.8 Å². The normalized spacial score (nSPS) is 11.7. The number of amides is 2. The molecule has 0 aliphatic carbocycles. The number of thioether (sulfide) groups is 1. The highest BCUT2D eigenvalue weighted by atomic mass is 32.2. The van der Waals surface area contributed by atoms with Crippen LogP contribution in [0.4, 0.5) is 24.5 Å². The first-order valence-corrected chi connectivity index (χ1v) is 23.4. The molecule has 0 fully saturated rings. The van der Waals surface area contributed by atoms with E-state index in [-0.39, 0.29) is 17.0 Å². The number of carbonyl (C=O) groups is 2. The molecule has 4 aromatic rings. The van der Waals surface area contributed by atoms with Gasteiger partial charge in [-0.2, -0.15) is 24.9 Å². The maximum absolute atomic E-state index is 13.7. The molecule has 0 unspecified atom stereocenters. The van der Waals surface area contributed by atoms with Crippen LogP contribution in [0.1, 0.15) is 51.3 Å². The van der Waals surface area contributed by atoms with Crippen molar-refractivity contribution >= 4 is 41.2 Å². The molecule has 0 atom stereocenters. The molecule has 0 saturated carbocycles. The largest absolute Gasteiger partial charge is 0.416 e. The van der Waals surface area contributed by atoms with Crippen LogP contribution in [0.25, 0.3) is 11.3 Å². The highest BCUT2D eigenvalue weighted by Crippen LogP contribution is 2.33. The van der Waals surface area contributed by atoms with E-state index in [4.69, 9.17) is 37.9 Å². The third-order valence-electron chi connectivity index (χ3n) is 9.70. The van der Waals surface area contributed by atoms with Gasteiger partial charge in [-0.05, 0) is 79.6 Å². The zero-order chi connectivity index (χ0) is 48.0. The average Bonchev–Trinajstić information content (AvgIpc) is 3.34. The van der Waals surface area contributed by atoms with Gasteiger partial charge in [0.25, 0.3) is 11.8 Å². The fraction of sp³-hybridized carbons (Fsp3) is 0.469. The van der Waals surface area contributed by atoms with Crippen molar-refractivity contribution < 1.29 is 60.7 Å². The van der Waals surface area contributed by atoms with E-state index in [1.165, 1.54) is 24.4 Å². The number of hydrogen-bond donors (Lipinski definition) is 1. The maximum Gasteiger partial charge on any atom is 0.416 e. The van der Waals surface area contributed by atoms with Crippen LogP contribution in [-0.2, 0) is 49.8 Å². The number of pyridine rings is 1. The van der Waals surface area contributed by atoms with Crippen LogP contribution in [0, 0.1) is 0 Å². The van der Waals surface area contributed by atoms with Crippen LogP contribution in [0.2, 0.25) is 0 Å². The fourth-order valence-corrected chi connectivity index (χ4v) is 7.02. The van der Waals surface area contributed by atoms with Crippen LogP contribution < -0.4 is 10.2 Å². The smallest absolute Gasteiger partial charge is 0.382 e. The van der Waals surface area contributed by atoms with Gasteiger partial charge in [0.2, 0.25) is 0 Å². The van der Waals surface area contributed by atoms with Crippen molar-refractivity contribution in [2.75, 3.05) is 135 Å². The van der Waals surface area contributed by atoms with E-state index in [0.29, 0.717) is 127 Å². The van der Waals surface area contributed by atoms with Crippen molar-refractivity contribution in [1.29, 1.82) is 0 Å². The standard InChI is InChI=1S/C49H63F3N4O10S/c1-4-56(5-2)43-12-13-45(44(35-43)46-34-41(14-15-53-46)47(57)54-36-38-8-7-11-42(33-38)49(50,51)52)55-48(58)40-10-6-9-39(32-40)37-67-31-30-66-29-28-65-27-26-64-25-24-63-23-22-62-21-20-61-19-18-60-17-16-59-3/h6-15,32-36H,4-5,16-31,37H2,1-3H3,(H,55,58). The van der Waals surface area contributed by atoms with E-state index in [9.17, 15) is 22.8 Å². The molecule has 4 rings (SSSR count). The summed E-state index contributed by atoms with van der Waals surface area (Å²) in [4.78, 5) is 37.4. The second-order valence-electron chi connectivity index (χ2n) is 14.5. The third-order valence-corrected chi connectivity index (χ3v) is 10.7. The Hall–Kier alpha value is -4.76. The van der Waals surface area contributed by atoms with E-state index < -0.39 is 17.6 Å². The average molecular weight is 957 g/mol. The number of hydrogen-bond acceptors (Lipinski definition) is 13. The van der Waals surface area contributed by atoms with Gasteiger partial charge in [0.05, 0.1) is 116 Å². The summed E-state index contributed by atoms with van der Waals surface area (Å²) in [7, 11) is 1.64. The van der Waals surface area contributed by atoms with Gasteiger partial charge in [0.15, 0.2) is 0 Å². The Morgan fingerprint density at radius 3 is 1.85 bits per heavy atom. The summed E-state index contributed by atoms with van der Waals surface area (Å²) >= 11 is 1.69. The van der Waals surface area contributed by atoms with Gasteiger partial charge in [-0.1, -0.05) is 24.3 Å². The maximum atomic E-state index is 13.7. The fourth-order valence-electron chi connectivity index (χ4n) is 6.22. The Balaban J connectivity index is 1.15. The van der Waals surface area contributed by atoms with E-state index in [0.717, 1.165) is 48.4 Å². The SMILES string of the molecule is CCN(CC)c1ccc(NC(=O)c2cccc(CSCCOCCOCCOCCOCCOCCOCCOCCOC)c2)c(-c2cc(C(=O)N=Cc3cccc(C(F)(F)F)c3)ccn2)c1. The predicted octanol–water partition coefficient (Wildman–Crippen LogP) is 8.12. The molecule has 0 bridgehead atoms. The van der Waals surface area contributed by atoms with Gasteiger partial charge in [-0.25, -0.2) is 4.99 Å². The Morgan fingerprint density at radius 2 is 1.27 bits per heavy atom. The first-order chi connectivity index (χ1) is 32.6. The number of nitrogens with one attached hydrogen (secondary N) is 1. The number of alkyl halides is 3. The molecule has 3 aromatic carbocycles. The van der Waals surface area contributed by atoms with E-state index >= 15 is 0 Å². The van der Waals surface area contributed by atoms with Gasteiger partial charge in [0, 0.05) is 66.5 Å².